The van der Waals surface area contributed by atoms with Crippen LogP contribution >= 0.6 is 0 Å². The first-order valence-electron chi connectivity index (χ1n) is 16.4. The first-order chi connectivity index (χ1) is 24.2. The zero-order valence-corrected chi connectivity index (χ0v) is 26.3. The van der Waals surface area contributed by atoms with E-state index in [0.717, 1.165) is 50.2 Å². The first kappa shape index (κ1) is 27.3. The molecule has 49 heavy (non-hydrogen) atoms. The van der Waals surface area contributed by atoms with Crippen molar-refractivity contribution in [3.63, 3.8) is 0 Å². The minimum atomic E-state index is 0.654. The molecule has 0 aliphatic rings. The van der Waals surface area contributed by atoms with E-state index in [1.54, 1.807) is 12.4 Å². The lowest BCUT2D eigenvalue weighted by Gasteiger charge is -2.15. The van der Waals surface area contributed by atoms with Crippen LogP contribution < -0.4 is 0 Å². The Morgan fingerprint density at radius 3 is 1.71 bits per heavy atom. The summed E-state index contributed by atoms with van der Waals surface area (Å²) in [6.07, 6.45) is 3.61. The molecule has 0 aliphatic carbocycles. The summed E-state index contributed by atoms with van der Waals surface area (Å²) in [6, 6.07) is 53.8. The van der Waals surface area contributed by atoms with Crippen molar-refractivity contribution in [2.75, 3.05) is 0 Å². The fourth-order valence-electron chi connectivity index (χ4n) is 7.55. The Balaban J connectivity index is 1.12. The summed E-state index contributed by atoms with van der Waals surface area (Å²) in [5.41, 5.74) is 10.3. The van der Waals surface area contributed by atoms with Gasteiger partial charge >= 0.3 is 0 Å². The number of para-hydroxylation sites is 1. The fourth-order valence-corrected chi connectivity index (χ4v) is 7.55. The zero-order valence-electron chi connectivity index (χ0n) is 26.3. The van der Waals surface area contributed by atoms with E-state index >= 15 is 0 Å². The zero-order chi connectivity index (χ0) is 32.5. The van der Waals surface area contributed by atoms with Crippen LogP contribution in [-0.4, -0.2) is 14.5 Å². The fraction of sp³-hybridized carbons (Fsp3) is 0. The van der Waals surface area contributed by atoms with Crippen LogP contribution in [0.1, 0.15) is 5.56 Å². The van der Waals surface area contributed by atoms with E-state index in [4.69, 9.17) is 4.98 Å². The van der Waals surface area contributed by atoms with Crippen molar-refractivity contribution in [2.24, 2.45) is 0 Å². The van der Waals surface area contributed by atoms with Gasteiger partial charge in [-0.25, -0.2) is 4.98 Å². The molecule has 0 aliphatic heterocycles. The molecule has 0 amide bonds. The third kappa shape index (κ3) is 4.30. The predicted octanol–water partition coefficient (Wildman–Crippen LogP) is 11.3. The quantitative estimate of drug-likeness (QED) is 0.184. The highest BCUT2D eigenvalue weighted by atomic mass is 15.0. The van der Waals surface area contributed by atoms with Crippen LogP contribution in [0.25, 0.3) is 93.5 Å². The van der Waals surface area contributed by atoms with E-state index in [1.165, 1.54) is 43.3 Å². The Labute approximate surface area is 282 Å². The molecule has 0 spiro atoms. The molecule has 226 valence electrons. The van der Waals surface area contributed by atoms with E-state index in [2.05, 4.69) is 125 Å². The van der Waals surface area contributed by atoms with Crippen molar-refractivity contribution in [2.45, 2.75) is 0 Å². The van der Waals surface area contributed by atoms with Gasteiger partial charge in [-0.15, -0.1) is 0 Å². The number of nitrogens with zero attached hydrogens (tertiary/aromatic N) is 4. The molecule has 0 unspecified atom stereocenters. The molecule has 0 radical (unpaired) electrons. The van der Waals surface area contributed by atoms with Gasteiger partial charge in [-0.05, 0) is 122 Å². The Morgan fingerprint density at radius 1 is 0.469 bits per heavy atom. The minimum absolute atomic E-state index is 0.654. The summed E-state index contributed by atoms with van der Waals surface area (Å²) in [5, 5.41) is 19.4. The summed E-state index contributed by atoms with van der Waals surface area (Å²) in [4.78, 5) is 9.18. The summed E-state index contributed by atoms with van der Waals surface area (Å²) < 4.78 is 2.28. The number of hydrogen-bond donors (Lipinski definition) is 0. The SMILES string of the molecule is N#Cc1ccc2c3ccc(-c4cc5ccc6cc(-c7cccc(-c8ccncc8)n7)cc7ccc(c4)c5c67)cc3n(-c3ccccc3)c2c1. The molecule has 0 N–H and O–H groups in total. The average Bonchev–Trinajstić information content (AvgIpc) is 3.50. The van der Waals surface area contributed by atoms with Crippen molar-refractivity contribution in [3.05, 3.63) is 164 Å². The number of fused-ring (bicyclic) bond motifs is 3. The minimum Gasteiger partial charge on any atom is -0.309 e. The van der Waals surface area contributed by atoms with Gasteiger partial charge in [0.25, 0.3) is 0 Å². The summed E-state index contributed by atoms with van der Waals surface area (Å²) >= 11 is 0. The lowest BCUT2D eigenvalue weighted by Crippen LogP contribution is -1.94. The van der Waals surface area contributed by atoms with Gasteiger partial charge in [0, 0.05) is 40.0 Å². The van der Waals surface area contributed by atoms with Gasteiger partial charge in [0.05, 0.1) is 34.1 Å². The second-order valence-corrected chi connectivity index (χ2v) is 12.6. The van der Waals surface area contributed by atoms with Gasteiger partial charge < -0.3 is 4.57 Å². The number of rotatable bonds is 4. The average molecular weight is 623 g/mol. The molecule has 0 bridgehead atoms. The molecule has 0 atom stereocenters. The maximum absolute atomic E-state index is 9.68. The van der Waals surface area contributed by atoms with Crippen LogP contribution in [0.15, 0.2) is 158 Å². The number of hydrogen-bond acceptors (Lipinski definition) is 3. The lowest BCUT2D eigenvalue weighted by molar-refractivity contribution is 1.18. The van der Waals surface area contributed by atoms with Crippen molar-refractivity contribution in [3.8, 4) is 45.4 Å². The van der Waals surface area contributed by atoms with E-state index in [0.29, 0.717) is 5.56 Å². The molecule has 0 fully saturated rings. The van der Waals surface area contributed by atoms with Crippen LogP contribution in [0.5, 0.6) is 0 Å². The van der Waals surface area contributed by atoms with Crippen LogP contribution in [0.3, 0.4) is 0 Å². The van der Waals surface area contributed by atoms with Gasteiger partial charge in [0.2, 0.25) is 0 Å². The van der Waals surface area contributed by atoms with Crippen LogP contribution in [0.4, 0.5) is 0 Å². The third-order valence-corrected chi connectivity index (χ3v) is 9.80. The van der Waals surface area contributed by atoms with Crippen molar-refractivity contribution >= 4 is 54.1 Å². The van der Waals surface area contributed by atoms with Crippen molar-refractivity contribution in [1.82, 2.24) is 14.5 Å². The van der Waals surface area contributed by atoms with E-state index in [-0.39, 0.29) is 0 Å². The predicted molar refractivity (Wildman–Crippen MR) is 201 cm³/mol. The summed E-state index contributed by atoms with van der Waals surface area (Å²) in [6.45, 7) is 0. The van der Waals surface area contributed by atoms with Crippen LogP contribution in [0.2, 0.25) is 0 Å². The van der Waals surface area contributed by atoms with Gasteiger partial charge in [-0.3, -0.25) is 4.98 Å². The smallest absolute Gasteiger partial charge is 0.0992 e. The summed E-state index contributed by atoms with van der Waals surface area (Å²) in [7, 11) is 0. The maximum Gasteiger partial charge on any atom is 0.0992 e. The number of aromatic nitrogens is 3. The molecule has 3 heterocycles. The van der Waals surface area contributed by atoms with E-state index in [9.17, 15) is 5.26 Å². The molecule has 0 saturated heterocycles. The normalized spacial score (nSPS) is 11.7. The highest BCUT2D eigenvalue weighted by Crippen LogP contribution is 2.41. The Hall–Kier alpha value is -6.83. The molecule has 10 aromatic rings. The second-order valence-electron chi connectivity index (χ2n) is 12.6. The van der Waals surface area contributed by atoms with Crippen molar-refractivity contribution in [1.29, 1.82) is 5.26 Å². The Bertz CT molecular complexity index is 2870. The van der Waals surface area contributed by atoms with Crippen LogP contribution in [0, 0.1) is 11.3 Å². The molecule has 3 aromatic heterocycles. The number of nitriles is 1. The topological polar surface area (TPSA) is 54.5 Å². The lowest BCUT2D eigenvalue weighted by atomic mass is 9.90. The third-order valence-electron chi connectivity index (χ3n) is 9.80. The molecule has 7 aromatic carbocycles. The van der Waals surface area contributed by atoms with E-state index < -0.39 is 0 Å². The monoisotopic (exact) mass is 622 g/mol. The van der Waals surface area contributed by atoms with Crippen molar-refractivity contribution < 1.29 is 0 Å². The van der Waals surface area contributed by atoms with Gasteiger partial charge in [-0.2, -0.15) is 5.26 Å². The first-order valence-corrected chi connectivity index (χ1v) is 16.4. The Morgan fingerprint density at radius 2 is 1.06 bits per heavy atom. The molecule has 10 rings (SSSR count). The van der Waals surface area contributed by atoms with E-state index in [1.807, 2.05) is 36.4 Å². The molecular weight excluding hydrogens is 597 g/mol. The van der Waals surface area contributed by atoms with Crippen LogP contribution in [-0.2, 0) is 0 Å². The number of benzene rings is 7. The van der Waals surface area contributed by atoms with Gasteiger partial charge in [0.1, 0.15) is 0 Å². The second kappa shape index (κ2) is 10.6. The largest absolute Gasteiger partial charge is 0.309 e. The standard InChI is InChI=1S/C45H26N4/c46-27-28-9-15-38-39-16-14-30(26-43(39)49(42(38)21-28)37-5-2-1-3-6-37)35-22-31-10-12-33-24-36(25-34-13-11-32(23-35)44(31)45(33)34)41-8-4-7-40(48-41)29-17-19-47-20-18-29/h1-26H. The molecule has 0 saturated carbocycles. The highest BCUT2D eigenvalue weighted by Gasteiger charge is 2.16. The van der Waals surface area contributed by atoms with Gasteiger partial charge in [0.15, 0.2) is 0 Å². The number of pyridine rings is 2. The highest BCUT2D eigenvalue weighted by molar-refractivity contribution is 6.24. The molecular formula is C45H26N4. The molecule has 4 nitrogen and oxygen atoms in total. The molecule has 4 heteroatoms. The maximum atomic E-state index is 9.68. The summed E-state index contributed by atoms with van der Waals surface area (Å²) in [5.74, 6) is 0. The Kier molecular flexibility index (Phi) is 5.90. The van der Waals surface area contributed by atoms with Gasteiger partial charge in [-0.1, -0.05) is 66.7 Å².